The number of nitrogens with one attached hydrogen (secondary N) is 2. The van der Waals surface area contributed by atoms with Crippen LogP contribution < -0.4 is 10.6 Å². The molecular weight excluding hydrogens is 295 g/mol. The molecule has 1 aliphatic carbocycles. The van der Waals surface area contributed by atoms with Crippen molar-refractivity contribution < 1.29 is 14.0 Å². The highest BCUT2D eigenvalue weighted by atomic mass is 19.1. The number of carbonyl (C=O) groups excluding carboxylic acids is 2. The van der Waals surface area contributed by atoms with Gasteiger partial charge in [-0.15, -0.1) is 0 Å². The van der Waals surface area contributed by atoms with Gasteiger partial charge in [0.2, 0.25) is 11.8 Å². The number of anilines is 1. The molecule has 124 valence electrons. The summed E-state index contributed by atoms with van der Waals surface area (Å²) in [5.74, 6) is -0.888. The number of aryl methyl sites for hydroxylation is 1. The minimum Gasteiger partial charge on any atom is -0.350 e. The predicted molar refractivity (Wildman–Crippen MR) is 88.5 cm³/mol. The van der Waals surface area contributed by atoms with E-state index < -0.39 is 5.82 Å². The Labute approximate surface area is 136 Å². The van der Waals surface area contributed by atoms with E-state index in [0.29, 0.717) is 12.8 Å². The number of halogens is 1. The lowest BCUT2D eigenvalue weighted by Crippen LogP contribution is -2.38. The highest BCUT2D eigenvalue weighted by molar-refractivity contribution is 5.93. The molecule has 0 aliphatic heterocycles. The van der Waals surface area contributed by atoms with Crippen LogP contribution in [0, 0.1) is 11.7 Å². The van der Waals surface area contributed by atoms with Gasteiger partial charge in [-0.3, -0.25) is 9.59 Å². The topological polar surface area (TPSA) is 58.2 Å². The molecule has 0 saturated heterocycles. The third kappa shape index (κ3) is 4.65. The van der Waals surface area contributed by atoms with Gasteiger partial charge >= 0.3 is 0 Å². The molecule has 0 atom stereocenters. The molecular formula is C18H23FN2O2. The molecule has 0 radical (unpaired) electrons. The van der Waals surface area contributed by atoms with Crippen molar-refractivity contribution >= 4 is 17.5 Å². The first-order valence-electron chi connectivity index (χ1n) is 8.05. The maximum absolute atomic E-state index is 13.8. The van der Waals surface area contributed by atoms with Gasteiger partial charge in [0, 0.05) is 12.0 Å². The van der Waals surface area contributed by atoms with E-state index in [1.807, 2.05) is 6.92 Å². The lowest BCUT2D eigenvalue weighted by atomic mass is 9.85. The van der Waals surface area contributed by atoms with Gasteiger partial charge in [-0.05, 0) is 55.9 Å². The van der Waals surface area contributed by atoms with Crippen molar-refractivity contribution in [2.45, 2.75) is 45.1 Å². The van der Waals surface area contributed by atoms with Crippen molar-refractivity contribution in [2.24, 2.45) is 5.92 Å². The van der Waals surface area contributed by atoms with E-state index in [9.17, 15) is 14.0 Å². The quantitative estimate of drug-likeness (QED) is 0.819. The van der Waals surface area contributed by atoms with Crippen LogP contribution in [0.3, 0.4) is 0 Å². The zero-order chi connectivity index (χ0) is 16.8. The third-order valence-corrected chi connectivity index (χ3v) is 4.33. The van der Waals surface area contributed by atoms with E-state index in [1.54, 1.807) is 12.1 Å². The van der Waals surface area contributed by atoms with Crippen molar-refractivity contribution in [3.8, 4) is 0 Å². The van der Waals surface area contributed by atoms with Crippen molar-refractivity contribution in [3.05, 3.63) is 42.2 Å². The average molecular weight is 318 g/mol. The minimum atomic E-state index is -0.414. The van der Waals surface area contributed by atoms with Gasteiger partial charge in [0.15, 0.2) is 0 Å². The second-order valence-corrected chi connectivity index (χ2v) is 5.92. The average Bonchev–Trinajstić information content (AvgIpc) is 2.57. The summed E-state index contributed by atoms with van der Waals surface area (Å²) in [6, 6.07) is 4.88. The first kappa shape index (κ1) is 17.2. The molecule has 4 nitrogen and oxygen atoms in total. The summed E-state index contributed by atoms with van der Waals surface area (Å²) in [6.45, 7) is 5.41. The summed E-state index contributed by atoms with van der Waals surface area (Å²) in [4.78, 5) is 23.6. The van der Waals surface area contributed by atoms with Crippen molar-refractivity contribution in [1.82, 2.24) is 5.32 Å². The summed E-state index contributed by atoms with van der Waals surface area (Å²) in [5.41, 5.74) is 1.23. The Morgan fingerprint density at radius 2 is 2.00 bits per heavy atom. The number of hydrogen-bond acceptors (Lipinski definition) is 2. The van der Waals surface area contributed by atoms with Crippen molar-refractivity contribution in [2.75, 3.05) is 5.32 Å². The van der Waals surface area contributed by atoms with Crippen LogP contribution >= 0.6 is 0 Å². The molecule has 1 aliphatic rings. The Morgan fingerprint density at radius 1 is 1.30 bits per heavy atom. The summed E-state index contributed by atoms with van der Waals surface area (Å²) >= 11 is 0. The maximum Gasteiger partial charge on any atom is 0.243 e. The lowest BCUT2D eigenvalue weighted by Gasteiger charge is -2.28. The van der Waals surface area contributed by atoms with Gasteiger partial charge in [0.1, 0.15) is 5.82 Å². The molecule has 2 N–H and O–H groups in total. The van der Waals surface area contributed by atoms with Gasteiger partial charge in [0.05, 0.1) is 5.69 Å². The fourth-order valence-electron chi connectivity index (χ4n) is 2.88. The van der Waals surface area contributed by atoms with Crippen LogP contribution in [0.5, 0.6) is 0 Å². The summed E-state index contributed by atoms with van der Waals surface area (Å²) in [6.07, 6.45) is 4.90. The molecule has 1 saturated carbocycles. The first-order chi connectivity index (χ1) is 11.0. The van der Waals surface area contributed by atoms with Gasteiger partial charge in [-0.25, -0.2) is 4.39 Å². The molecule has 0 aromatic heterocycles. The highest BCUT2D eigenvalue weighted by Gasteiger charge is 2.27. The summed E-state index contributed by atoms with van der Waals surface area (Å²) in [5, 5.41) is 5.56. The monoisotopic (exact) mass is 318 g/mol. The van der Waals surface area contributed by atoms with E-state index in [4.69, 9.17) is 0 Å². The molecule has 2 rings (SSSR count). The normalized spacial score (nSPS) is 20.6. The minimum absolute atomic E-state index is 0.0877. The van der Waals surface area contributed by atoms with Gasteiger partial charge in [0.25, 0.3) is 0 Å². The number of rotatable bonds is 5. The van der Waals surface area contributed by atoms with E-state index in [2.05, 4.69) is 17.2 Å². The Balaban J connectivity index is 1.90. The maximum atomic E-state index is 13.8. The van der Waals surface area contributed by atoms with Crippen LogP contribution in [0.25, 0.3) is 0 Å². The molecule has 5 heteroatoms. The molecule has 2 amide bonds. The Hall–Kier alpha value is -2.17. The van der Waals surface area contributed by atoms with Crippen LogP contribution in [0.2, 0.25) is 0 Å². The third-order valence-electron chi connectivity index (χ3n) is 4.33. The Kier molecular flexibility index (Phi) is 5.90. The molecule has 1 aromatic rings. The second kappa shape index (κ2) is 7.90. The van der Waals surface area contributed by atoms with E-state index in [0.717, 1.165) is 24.8 Å². The predicted octanol–water partition coefficient (Wildman–Crippen LogP) is 3.19. The highest BCUT2D eigenvalue weighted by Crippen LogP contribution is 2.26. The molecule has 0 unspecified atom stereocenters. The number of benzene rings is 1. The largest absolute Gasteiger partial charge is 0.350 e. The van der Waals surface area contributed by atoms with E-state index in [1.165, 1.54) is 12.1 Å². The van der Waals surface area contributed by atoms with Crippen LogP contribution in [0.4, 0.5) is 10.1 Å². The Bertz CT molecular complexity index is 593. The number of carbonyl (C=O) groups is 2. The van der Waals surface area contributed by atoms with E-state index >= 15 is 0 Å². The second-order valence-electron chi connectivity index (χ2n) is 5.92. The Morgan fingerprint density at radius 3 is 2.61 bits per heavy atom. The number of amides is 2. The molecule has 1 aromatic carbocycles. The summed E-state index contributed by atoms with van der Waals surface area (Å²) in [7, 11) is 0. The zero-order valence-electron chi connectivity index (χ0n) is 13.4. The molecule has 23 heavy (non-hydrogen) atoms. The molecule has 0 bridgehead atoms. The zero-order valence-corrected chi connectivity index (χ0v) is 13.4. The standard InChI is InChI=1S/C18H23FN2O2/c1-3-12-5-10-15(19)16(11-12)21-18(23)13-6-8-14(9-7-13)20-17(22)4-2/h4-5,10-11,13-14H,2-3,6-9H2,1H3,(H,20,22)(H,21,23)/t13-,14+. The van der Waals surface area contributed by atoms with Crippen LogP contribution in [0.15, 0.2) is 30.9 Å². The molecule has 0 heterocycles. The summed E-state index contributed by atoms with van der Waals surface area (Å²) < 4.78 is 13.8. The van der Waals surface area contributed by atoms with Crippen LogP contribution in [0.1, 0.15) is 38.2 Å². The smallest absolute Gasteiger partial charge is 0.243 e. The fourth-order valence-corrected chi connectivity index (χ4v) is 2.88. The van der Waals surface area contributed by atoms with Crippen LogP contribution in [-0.2, 0) is 16.0 Å². The van der Waals surface area contributed by atoms with Gasteiger partial charge < -0.3 is 10.6 Å². The number of hydrogen-bond donors (Lipinski definition) is 2. The van der Waals surface area contributed by atoms with Crippen LogP contribution in [-0.4, -0.2) is 17.9 Å². The van der Waals surface area contributed by atoms with E-state index in [-0.39, 0.29) is 29.5 Å². The lowest BCUT2D eigenvalue weighted by molar-refractivity contribution is -0.121. The fraction of sp³-hybridized carbons (Fsp3) is 0.444. The first-order valence-corrected chi connectivity index (χ1v) is 8.05. The van der Waals surface area contributed by atoms with Gasteiger partial charge in [-0.2, -0.15) is 0 Å². The van der Waals surface area contributed by atoms with Crippen molar-refractivity contribution in [1.29, 1.82) is 0 Å². The van der Waals surface area contributed by atoms with Crippen molar-refractivity contribution in [3.63, 3.8) is 0 Å². The van der Waals surface area contributed by atoms with Gasteiger partial charge in [-0.1, -0.05) is 19.6 Å². The SMILES string of the molecule is C=CC(=O)N[C@H]1CC[C@@H](C(=O)Nc2cc(CC)ccc2F)CC1. The molecule has 1 fully saturated rings. The molecule has 0 spiro atoms.